The number of halogens is 1. The molecular weight excluding hydrogens is 301 g/mol. The average molecular weight is 311 g/mol. The number of nitrogens with zero attached hydrogens (tertiary/aromatic N) is 1. The standard InChI is InChI=1S/C13H10FNO5S/c1-8(16)21-5-3-4-9-6-12(15(18)19)10(7-11(9)14)13(17)20-2/h6-7H,5H2,1-2H3. The molecule has 0 aliphatic carbocycles. The van der Waals surface area contributed by atoms with Crippen LogP contribution in [0.2, 0.25) is 0 Å². The van der Waals surface area contributed by atoms with Crippen LogP contribution in [0.15, 0.2) is 12.1 Å². The van der Waals surface area contributed by atoms with Gasteiger partial charge in [-0.2, -0.15) is 0 Å². The summed E-state index contributed by atoms with van der Waals surface area (Å²) in [5.74, 6) is 3.17. The van der Waals surface area contributed by atoms with Crippen LogP contribution in [0.3, 0.4) is 0 Å². The number of nitro groups is 1. The zero-order chi connectivity index (χ0) is 16.0. The minimum Gasteiger partial charge on any atom is -0.465 e. The Bertz CT molecular complexity index is 663. The summed E-state index contributed by atoms with van der Waals surface area (Å²) in [4.78, 5) is 32.2. The van der Waals surface area contributed by atoms with Crippen LogP contribution in [-0.2, 0) is 9.53 Å². The van der Waals surface area contributed by atoms with Gasteiger partial charge in [0.1, 0.15) is 11.4 Å². The number of rotatable bonds is 3. The fourth-order valence-corrected chi connectivity index (χ4v) is 1.70. The first-order valence-corrected chi connectivity index (χ1v) is 6.54. The highest BCUT2D eigenvalue weighted by atomic mass is 32.2. The van der Waals surface area contributed by atoms with Crippen molar-refractivity contribution in [3.8, 4) is 11.8 Å². The first kappa shape index (κ1) is 16.7. The summed E-state index contributed by atoms with van der Waals surface area (Å²) < 4.78 is 18.1. The van der Waals surface area contributed by atoms with E-state index < -0.39 is 28.0 Å². The van der Waals surface area contributed by atoms with Crippen molar-refractivity contribution in [3.05, 3.63) is 39.2 Å². The third-order valence-electron chi connectivity index (χ3n) is 2.26. The molecule has 0 aliphatic heterocycles. The van der Waals surface area contributed by atoms with Gasteiger partial charge >= 0.3 is 5.97 Å². The Morgan fingerprint density at radius 1 is 1.48 bits per heavy atom. The van der Waals surface area contributed by atoms with Crippen LogP contribution in [-0.4, -0.2) is 28.9 Å². The van der Waals surface area contributed by atoms with Gasteiger partial charge in [0.2, 0.25) is 0 Å². The molecule has 0 aromatic heterocycles. The number of benzene rings is 1. The molecule has 0 saturated heterocycles. The zero-order valence-corrected chi connectivity index (χ0v) is 12.0. The largest absolute Gasteiger partial charge is 0.465 e. The molecule has 0 heterocycles. The average Bonchev–Trinajstić information content (AvgIpc) is 2.43. The maximum Gasteiger partial charge on any atom is 0.344 e. The third-order valence-corrected chi connectivity index (χ3v) is 2.95. The molecule has 0 aliphatic rings. The highest BCUT2D eigenvalue weighted by molar-refractivity contribution is 8.13. The fourth-order valence-electron chi connectivity index (χ4n) is 1.35. The zero-order valence-electron chi connectivity index (χ0n) is 11.1. The van der Waals surface area contributed by atoms with Gasteiger partial charge in [0.25, 0.3) is 5.69 Å². The number of methoxy groups -OCH3 is 1. The molecule has 0 unspecified atom stereocenters. The molecule has 8 heteroatoms. The van der Waals surface area contributed by atoms with Gasteiger partial charge in [-0.15, -0.1) is 0 Å². The number of hydrogen-bond acceptors (Lipinski definition) is 6. The predicted octanol–water partition coefficient (Wildman–Crippen LogP) is 2.15. The Labute approximate surface area is 123 Å². The molecule has 0 N–H and O–H groups in total. The van der Waals surface area contributed by atoms with E-state index in [4.69, 9.17) is 0 Å². The molecule has 0 atom stereocenters. The van der Waals surface area contributed by atoms with Gasteiger partial charge in [0, 0.05) is 13.0 Å². The molecule has 0 amide bonds. The predicted molar refractivity (Wildman–Crippen MR) is 74.4 cm³/mol. The first-order valence-electron chi connectivity index (χ1n) is 5.55. The van der Waals surface area contributed by atoms with Gasteiger partial charge in [-0.25, -0.2) is 9.18 Å². The highest BCUT2D eigenvalue weighted by Gasteiger charge is 2.23. The van der Waals surface area contributed by atoms with Crippen LogP contribution < -0.4 is 0 Å². The topological polar surface area (TPSA) is 86.5 Å². The van der Waals surface area contributed by atoms with Gasteiger partial charge in [-0.05, 0) is 6.07 Å². The van der Waals surface area contributed by atoms with Crippen LogP contribution >= 0.6 is 11.8 Å². The summed E-state index contributed by atoms with van der Waals surface area (Å²) in [5.41, 5.74) is -1.30. The van der Waals surface area contributed by atoms with E-state index in [1.807, 2.05) is 0 Å². The Morgan fingerprint density at radius 2 is 2.14 bits per heavy atom. The molecule has 1 rings (SSSR count). The molecule has 1 aromatic carbocycles. The van der Waals surface area contributed by atoms with E-state index in [9.17, 15) is 24.1 Å². The van der Waals surface area contributed by atoms with Crippen molar-refractivity contribution in [2.75, 3.05) is 12.9 Å². The highest BCUT2D eigenvalue weighted by Crippen LogP contribution is 2.23. The molecule has 110 valence electrons. The van der Waals surface area contributed by atoms with Crippen molar-refractivity contribution >= 4 is 28.5 Å². The van der Waals surface area contributed by atoms with Crippen LogP contribution in [0, 0.1) is 27.8 Å². The summed E-state index contributed by atoms with van der Waals surface area (Å²) in [6.45, 7) is 1.36. The molecule has 0 saturated carbocycles. The van der Waals surface area contributed by atoms with Crippen molar-refractivity contribution in [2.45, 2.75) is 6.92 Å². The first-order chi connectivity index (χ1) is 9.86. The van der Waals surface area contributed by atoms with Crippen LogP contribution in [0.5, 0.6) is 0 Å². The normalized spacial score (nSPS) is 9.48. The van der Waals surface area contributed by atoms with E-state index in [0.717, 1.165) is 24.9 Å². The van der Waals surface area contributed by atoms with E-state index in [2.05, 4.69) is 16.6 Å². The number of carbonyl (C=O) groups is 2. The summed E-state index contributed by atoms with van der Waals surface area (Å²) in [6, 6.07) is 1.58. The van der Waals surface area contributed by atoms with E-state index in [0.29, 0.717) is 6.07 Å². The Balaban J connectivity index is 3.18. The molecular formula is C13H10FNO5S. The lowest BCUT2D eigenvalue weighted by Gasteiger charge is -2.02. The Hall–Kier alpha value is -2.40. The number of carbonyl (C=O) groups excluding carboxylic acids is 2. The SMILES string of the molecule is COC(=O)c1cc(F)c(C#CCSC(C)=O)cc1[N+](=O)[O-]. The van der Waals surface area contributed by atoms with E-state index in [1.54, 1.807) is 0 Å². The second-order valence-electron chi connectivity index (χ2n) is 3.68. The van der Waals surface area contributed by atoms with Gasteiger partial charge in [0.05, 0.1) is 23.3 Å². The van der Waals surface area contributed by atoms with Crippen molar-refractivity contribution in [1.29, 1.82) is 0 Å². The lowest BCUT2D eigenvalue weighted by atomic mass is 10.1. The molecule has 0 radical (unpaired) electrons. The fraction of sp³-hybridized carbons (Fsp3) is 0.231. The number of nitro benzene ring substituents is 1. The summed E-state index contributed by atoms with van der Waals surface area (Å²) >= 11 is 0.936. The van der Waals surface area contributed by atoms with E-state index in [1.165, 1.54) is 6.92 Å². The van der Waals surface area contributed by atoms with Crippen molar-refractivity contribution < 1.29 is 23.6 Å². The molecule has 0 spiro atoms. The quantitative estimate of drug-likeness (QED) is 0.368. The second kappa shape index (κ2) is 7.40. The van der Waals surface area contributed by atoms with Crippen molar-refractivity contribution in [2.24, 2.45) is 0 Å². The van der Waals surface area contributed by atoms with Crippen LogP contribution in [0.1, 0.15) is 22.8 Å². The maximum absolute atomic E-state index is 13.8. The lowest BCUT2D eigenvalue weighted by molar-refractivity contribution is -0.385. The summed E-state index contributed by atoms with van der Waals surface area (Å²) in [7, 11) is 1.04. The Kier molecular flexibility index (Phi) is 5.87. The Morgan fingerprint density at radius 3 is 2.67 bits per heavy atom. The molecule has 21 heavy (non-hydrogen) atoms. The van der Waals surface area contributed by atoms with Gasteiger partial charge < -0.3 is 4.74 Å². The lowest BCUT2D eigenvalue weighted by Crippen LogP contribution is -2.07. The van der Waals surface area contributed by atoms with Gasteiger partial charge in [-0.1, -0.05) is 23.6 Å². The number of ether oxygens (including phenoxy) is 1. The van der Waals surface area contributed by atoms with Crippen molar-refractivity contribution in [3.63, 3.8) is 0 Å². The molecule has 0 bridgehead atoms. The second-order valence-corrected chi connectivity index (χ2v) is 4.83. The minimum atomic E-state index is -1.01. The van der Waals surface area contributed by atoms with Crippen molar-refractivity contribution in [1.82, 2.24) is 0 Å². The monoisotopic (exact) mass is 311 g/mol. The number of thioether (sulfide) groups is 1. The summed E-state index contributed by atoms with van der Waals surface area (Å²) in [6.07, 6.45) is 0. The van der Waals surface area contributed by atoms with Crippen LogP contribution in [0.25, 0.3) is 0 Å². The molecule has 6 nitrogen and oxygen atoms in total. The molecule has 0 fully saturated rings. The van der Waals surface area contributed by atoms with Gasteiger partial charge in [-0.3, -0.25) is 14.9 Å². The van der Waals surface area contributed by atoms with Gasteiger partial charge in [0.15, 0.2) is 5.12 Å². The third kappa shape index (κ3) is 4.57. The van der Waals surface area contributed by atoms with Crippen LogP contribution in [0.4, 0.5) is 10.1 Å². The minimum absolute atomic E-state index is 0.140. The summed E-state index contributed by atoms with van der Waals surface area (Å²) in [5, 5.41) is 10.8. The smallest absolute Gasteiger partial charge is 0.344 e. The number of hydrogen-bond donors (Lipinski definition) is 0. The van der Waals surface area contributed by atoms with E-state index in [-0.39, 0.29) is 16.4 Å². The maximum atomic E-state index is 13.8. The van der Waals surface area contributed by atoms with E-state index >= 15 is 0 Å². The number of esters is 1. The molecule has 1 aromatic rings.